The molecule has 1 aliphatic heterocycles. The van der Waals surface area contributed by atoms with Gasteiger partial charge in [0, 0.05) is 17.7 Å². The molecule has 0 radical (unpaired) electrons. The molecule has 2 atom stereocenters. The fourth-order valence-corrected chi connectivity index (χ4v) is 3.14. The summed E-state index contributed by atoms with van der Waals surface area (Å²) in [7, 11) is 0. The number of nitrogens with zero attached hydrogens (tertiary/aromatic N) is 1. The lowest BCUT2D eigenvalue weighted by Crippen LogP contribution is -2.52. The van der Waals surface area contributed by atoms with Crippen LogP contribution in [0.4, 0.5) is 10.1 Å². The summed E-state index contributed by atoms with van der Waals surface area (Å²) in [5.74, 6) is -0.842. The van der Waals surface area contributed by atoms with Gasteiger partial charge in [0.15, 0.2) is 19.0 Å². The van der Waals surface area contributed by atoms with Crippen LogP contribution in [0.3, 0.4) is 0 Å². The third-order valence-electron chi connectivity index (χ3n) is 5.09. The molecule has 7 nitrogen and oxygen atoms in total. The number of anilines is 1. The summed E-state index contributed by atoms with van der Waals surface area (Å²) in [5.41, 5.74) is 0.632. The van der Waals surface area contributed by atoms with Crippen LogP contribution in [0, 0.1) is 5.82 Å². The maximum atomic E-state index is 13.3. The summed E-state index contributed by atoms with van der Waals surface area (Å²) in [6.45, 7) is 4.97. The van der Waals surface area contributed by atoms with Crippen LogP contribution in [0.2, 0.25) is 0 Å². The minimum absolute atomic E-state index is 0.0292. The van der Waals surface area contributed by atoms with Crippen molar-refractivity contribution in [1.82, 2.24) is 5.32 Å². The molecular weight excluding hydrogens is 403 g/mol. The first kappa shape index (κ1) is 22.3. The molecule has 2 unspecified atom stereocenters. The molecule has 0 saturated carbocycles. The Morgan fingerprint density at radius 1 is 1.23 bits per heavy atom. The quantitative estimate of drug-likeness (QED) is 0.653. The second-order valence-electron chi connectivity index (χ2n) is 7.40. The SMILES string of the molecule is CCC(C)NC(=O)C(C)N1C(=O)COc2ccc(C(=O)COc3cccc(F)c3)cc21. The van der Waals surface area contributed by atoms with E-state index in [1.807, 2.05) is 13.8 Å². The van der Waals surface area contributed by atoms with E-state index in [0.29, 0.717) is 11.4 Å². The highest BCUT2D eigenvalue weighted by atomic mass is 19.1. The van der Waals surface area contributed by atoms with Crippen LogP contribution in [-0.2, 0) is 9.59 Å². The van der Waals surface area contributed by atoms with Gasteiger partial charge < -0.3 is 14.8 Å². The number of carbonyl (C=O) groups excluding carboxylic acids is 3. The molecule has 3 rings (SSSR count). The van der Waals surface area contributed by atoms with E-state index in [1.165, 1.54) is 29.2 Å². The van der Waals surface area contributed by atoms with Gasteiger partial charge >= 0.3 is 0 Å². The molecule has 0 saturated heterocycles. The van der Waals surface area contributed by atoms with Crippen molar-refractivity contribution in [2.75, 3.05) is 18.1 Å². The van der Waals surface area contributed by atoms with Gasteiger partial charge in [0.1, 0.15) is 23.4 Å². The molecule has 0 spiro atoms. The van der Waals surface area contributed by atoms with Gasteiger partial charge in [-0.3, -0.25) is 19.3 Å². The normalized spacial score (nSPS) is 14.8. The fourth-order valence-electron chi connectivity index (χ4n) is 3.14. The van der Waals surface area contributed by atoms with E-state index in [9.17, 15) is 18.8 Å². The number of fused-ring (bicyclic) bond motifs is 1. The van der Waals surface area contributed by atoms with Crippen LogP contribution in [-0.4, -0.2) is 42.9 Å². The molecule has 1 N–H and O–H groups in total. The Kier molecular flexibility index (Phi) is 6.89. The number of rotatable bonds is 8. The minimum Gasteiger partial charge on any atom is -0.485 e. The Bertz CT molecular complexity index is 994. The molecule has 2 amide bonds. The topological polar surface area (TPSA) is 84.9 Å². The van der Waals surface area contributed by atoms with Crippen LogP contribution >= 0.6 is 0 Å². The van der Waals surface area contributed by atoms with Crippen molar-refractivity contribution >= 4 is 23.3 Å². The molecular formula is C23H25FN2O5. The first-order valence-electron chi connectivity index (χ1n) is 10.1. The lowest BCUT2D eigenvalue weighted by atomic mass is 10.1. The van der Waals surface area contributed by atoms with Gasteiger partial charge in [-0.25, -0.2) is 4.39 Å². The predicted octanol–water partition coefficient (Wildman–Crippen LogP) is 3.12. The molecule has 1 heterocycles. The third-order valence-corrected chi connectivity index (χ3v) is 5.09. The van der Waals surface area contributed by atoms with E-state index in [4.69, 9.17) is 9.47 Å². The highest BCUT2D eigenvalue weighted by Crippen LogP contribution is 2.34. The number of benzene rings is 2. The van der Waals surface area contributed by atoms with Crippen molar-refractivity contribution < 1.29 is 28.2 Å². The maximum Gasteiger partial charge on any atom is 0.265 e. The van der Waals surface area contributed by atoms with Crippen LogP contribution in [0.1, 0.15) is 37.6 Å². The average molecular weight is 428 g/mol. The zero-order valence-corrected chi connectivity index (χ0v) is 17.7. The average Bonchev–Trinajstić information content (AvgIpc) is 2.76. The summed E-state index contributed by atoms with van der Waals surface area (Å²) in [4.78, 5) is 39.1. The van der Waals surface area contributed by atoms with E-state index in [1.54, 1.807) is 25.1 Å². The molecule has 0 aromatic heterocycles. The first-order valence-corrected chi connectivity index (χ1v) is 10.1. The number of nitrogens with one attached hydrogen (secondary N) is 1. The van der Waals surface area contributed by atoms with Crippen molar-refractivity contribution in [3.05, 3.63) is 53.8 Å². The lowest BCUT2D eigenvalue weighted by molar-refractivity contribution is -0.127. The van der Waals surface area contributed by atoms with Crippen molar-refractivity contribution in [3.8, 4) is 11.5 Å². The fraction of sp³-hybridized carbons (Fsp3) is 0.348. The third kappa shape index (κ3) is 5.20. The van der Waals surface area contributed by atoms with E-state index < -0.39 is 11.9 Å². The van der Waals surface area contributed by atoms with Crippen molar-refractivity contribution in [2.24, 2.45) is 0 Å². The first-order chi connectivity index (χ1) is 14.8. The number of halogens is 1. The number of ketones is 1. The highest BCUT2D eigenvalue weighted by molar-refractivity contribution is 6.05. The number of hydrogen-bond donors (Lipinski definition) is 1. The Hall–Kier alpha value is -3.42. The molecule has 8 heteroatoms. The molecule has 0 bridgehead atoms. The number of amides is 2. The van der Waals surface area contributed by atoms with Gasteiger partial charge in [0.25, 0.3) is 5.91 Å². The monoisotopic (exact) mass is 428 g/mol. The number of Topliss-reactive ketones (excluding diaryl/α,β-unsaturated/α-hetero) is 1. The Morgan fingerprint density at radius 2 is 2.00 bits per heavy atom. The number of hydrogen-bond acceptors (Lipinski definition) is 5. The largest absolute Gasteiger partial charge is 0.485 e. The maximum absolute atomic E-state index is 13.3. The molecule has 0 aliphatic carbocycles. The lowest BCUT2D eigenvalue weighted by Gasteiger charge is -2.34. The van der Waals surface area contributed by atoms with Gasteiger partial charge in [0.2, 0.25) is 5.91 Å². The van der Waals surface area contributed by atoms with E-state index >= 15 is 0 Å². The Balaban J connectivity index is 1.80. The van der Waals surface area contributed by atoms with Crippen LogP contribution in [0.15, 0.2) is 42.5 Å². The summed E-state index contributed by atoms with van der Waals surface area (Å²) in [6, 6.07) is 9.36. The smallest absolute Gasteiger partial charge is 0.265 e. The molecule has 0 fully saturated rings. The Labute approximate surface area is 180 Å². The Morgan fingerprint density at radius 3 is 2.71 bits per heavy atom. The molecule has 2 aromatic carbocycles. The van der Waals surface area contributed by atoms with Crippen molar-refractivity contribution in [2.45, 2.75) is 39.3 Å². The summed E-state index contributed by atoms with van der Waals surface area (Å²) in [5, 5.41) is 2.87. The highest BCUT2D eigenvalue weighted by Gasteiger charge is 2.34. The second-order valence-corrected chi connectivity index (χ2v) is 7.40. The van der Waals surface area contributed by atoms with Crippen molar-refractivity contribution in [3.63, 3.8) is 0 Å². The van der Waals surface area contributed by atoms with Crippen LogP contribution < -0.4 is 19.7 Å². The van der Waals surface area contributed by atoms with Gasteiger partial charge in [0.05, 0.1) is 5.69 Å². The van der Waals surface area contributed by atoms with Gasteiger partial charge in [-0.2, -0.15) is 0 Å². The molecule has 1 aliphatic rings. The van der Waals surface area contributed by atoms with E-state index in [-0.39, 0.29) is 48.2 Å². The molecule has 31 heavy (non-hydrogen) atoms. The summed E-state index contributed by atoms with van der Waals surface area (Å²) in [6.07, 6.45) is 0.760. The van der Waals surface area contributed by atoms with E-state index in [2.05, 4.69) is 5.32 Å². The standard InChI is InChI=1S/C23H25FN2O5/c1-4-14(2)25-23(29)15(3)26-19-10-16(8-9-21(19)31-13-22(26)28)20(27)12-30-18-7-5-6-17(24)11-18/h5-11,14-15H,4,12-13H2,1-3H3,(H,25,29). The number of carbonyl (C=O) groups is 3. The zero-order valence-electron chi connectivity index (χ0n) is 17.7. The molecule has 2 aromatic rings. The van der Waals surface area contributed by atoms with E-state index in [0.717, 1.165) is 6.42 Å². The van der Waals surface area contributed by atoms with Gasteiger partial charge in [-0.1, -0.05) is 13.0 Å². The van der Waals surface area contributed by atoms with Crippen molar-refractivity contribution in [1.29, 1.82) is 0 Å². The number of ether oxygens (including phenoxy) is 2. The summed E-state index contributed by atoms with van der Waals surface area (Å²) >= 11 is 0. The predicted molar refractivity (Wildman–Crippen MR) is 113 cm³/mol. The summed E-state index contributed by atoms with van der Waals surface area (Å²) < 4.78 is 24.1. The minimum atomic E-state index is -0.780. The van der Waals surface area contributed by atoms with Gasteiger partial charge in [-0.15, -0.1) is 0 Å². The van der Waals surface area contributed by atoms with Crippen LogP contribution in [0.25, 0.3) is 0 Å². The second kappa shape index (κ2) is 9.59. The zero-order chi connectivity index (χ0) is 22.5. The molecule has 164 valence electrons. The van der Waals surface area contributed by atoms with Gasteiger partial charge in [-0.05, 0) is 50.6 Å². The van der Waals surface area contributed by atoms with Crippen LogP contribution in [0.5, 0.6) is 11.5 Å².